The van der Waals surface area contributed by atoms with Crippen molar-refractivity contribution >= 4 is 11.6 Å². The first-order valence-electron chi connectivity index (χ1n) is 4.95. The highest BCUT2D eigenvalue weighted by molar-refractivity contribution is 5.43. The van der Waals surface area contributed by atoms with E-state index in [1.165, 1.54) is 6.33 Å². The molecule has 3 N–H and O–H groups in total. The Labute approximate surface area is 93.5 Å². The van der Waals surface area contributed by atoms with E-state index >= 15 is 0 Å². The fourth-order valence-corrected chi connectivity index (χ4v) is 1.37. The molecule has 0 spiro atoms. The molecule has 2 rings (SSSR count). The minimum absolute atomic E-state index is 0.459. The van der Waals surface area contributed by atoms with Crippen LogP contribution in [0.3, 0.4) is 0 Å². The molecular weight excluding hydrogens is 204 g/mol. The number of hydrogen-bond acceptors (Lipinski definition) is 5. The van der Waals surface area contributed by atoms with Crippen LogP contribution < -0.4 is 11.1 Å². The predicted molar refractivity (Wildman–Crippen MR) is 61.7 cm³/mol. The number of hydrogen-bond donors (Lipinski definition) is 2. The van der Waals surface area contributed by atoms with Crippen molar-refractivity contribution < 1.29 is 0 Å². The third kappa shape index (κ3) is 2.10. The van der Waals surface area contributed by atoms with Gasteiger partial charge < -0.3 is 11.1 Å². The van der Waals surface area contributed by atoms with E-state index in [9.17, 15) is 0 Å². The lowest BCUT2D eigenvalue weighted by molar-refractivity contribution is 0.738. The van der Waals surface area contributed by atoms with Crippen LogP contribution in [-0.2, 0) is 13.6 Å². The van der Waals surface area contributed by atoms with E-state index < -0.39 is 0 Å². The molecule has 0 unspecified atom stereocenters. The normalized spacial score (nSPS) is 10.4. The number of nitrogen functional groups attached to an aromatic ring is 1. The highest BCUT2D eigenvalue weighted by Gasteiger charge is 2.03. The van der Waals surface area contributed by atoms with Crippen LogP contribution in [0.5, 0.6) is 0 Å². The molecule has 0 aromatic carbocycles. The first kappa shape index (κ1) is 10.4. The Morgan fingerprint density at radius 2 is 2.25 bits per heavy atom. The molecule has 16 heavy (non-hydrogen) atoms. The molecule has 2 aromatic heterocycles. The largest absolute Gasteiger partial charge is 0.384 e. The molecule has 0 fully saturated rings. The van der Waals surface area contributed by atoms with Gasteiger partial charge in [-0.2, -0.15) is 5.10 Å². The van der Waals surface area contributed by atoms with Crippen LogP contribution in [0.25, 0.3) is 0 Å². The smallest absolute Gasteiger partial charge is 0.131 e. The van der Waals surface area contributed by atoms with Gasteiger partial charge in [0.25, 0.3) is 0 Å². The molecule has 0 aliphatic rings. The molecule has 0 atom stereocenters. The van der Waals surface area contributed by atoms with Crippen molar-refractivity contribution in [1.29, 1.82) is 0 Å². The van der Waals surface area contributed by atoms with Gasteiger partial charge in [-0.25, -0.2) is 9.97 Å². The summed E-state index contributed by atoms with van der Waals surface area (Å²) in [6.45, 7) is 2.70. The molecule has 0 aliphatic carbocycles. The lowest BCUT2D eigenvalue weighted by Crippen LogP contribution is -2.04. The van der Waals surface area contributed by atoms with Gasteiger partial charge in [-0.3, -0.25) is 4.68 Å². The molecule has 6 heteroatoms. The number of nitrogens with two attached hydrogens (primary N) is 1. The monoisotopic (exact) mass is 218 g/mol. The van der Waals surface area contributed by atoms with Gasteiger partial charge in [0, 0.05) is 30.9 Å². The Kier molecular flexibility index (Phi) is 2.72. The quantitative estimate of drug-likeness (QED) is 0.793. The Morgan fingerprint density at radius 3 is 2.88 bits per heavy atom. The fourth-order valence-electron chi connectivity index (χ4n) is 1.37. The summed E-state index contributed by atoms with van der Waals surface area (Å²) in [6, 6.07) is 1.70. The summed E-state index contributed by atoms with van der Waals surface area (Å²) in [5.74, 6) is 1.18. The highest BCUT2D eigenvalue weighted by atomic mass is 15.3. The second-order valence-electron chi connectivity index (χ2n) is 3.56. The van der Waals surface area contributed by atoms with Gasteiger partial charge >= 0.3 is 0 Å². The highest BCUT2D eigenvalue weighted by Crippen LogP contribution is 2.10. The van der Waals surface area contributed by atoms with Gasteiger partial charge in [-0.1, -0.05) is 0 Å². The predicted octanol–water partition coefficient (Wildman–Crippen LogP) is 0.713. The summed E-state index contributed by atoms with van der Waals surface area (Å²) in [6.07, 6.45) is 3.28. The summed E-state index contributed by atoms with van der Waals surface area (Å²) >= 11 is 0. The van der Waals surface area contributed by atoms with E-state index in [4.69, 9.17) is 5.73 Å². The van der Waals surface area contributed by atoms with E-state index in [0.29, 0.717) is 12.4 Å². The van der Waals surface area contributed by atoms with E-state index in [-0.39, 0.29) is 0 Å². The maximum Gasteiger partial charge on any atom is 0.131 e. The van der Waals surface area contributed by atoms with Crippen LogP contribution in [0, 0.1) is 6.92 Å². The van der Waals surface area contributed by atoms with Crippen LogP contribution in [0.4, 0.5) is 11.6 Å². The molecule has 0 aliphatic heterocycles. The molecule has 0 bridgehead atoms. The Bertz CT molecular complexity index is 490. The first-order chi connectivity index (χ1) is 7.66. The van der Waals surface area contributed by atoms with Gasteiger partial charge in [0.05, 0.1) is 6.20 Å². The fraction of sp³-hybridized carbons (Fsp3) is 0.300. The van der Waals surface area contributed by atoms with Crippen LogP contribution in [0.1, 0.15) is 11.3 Å². The van der Waals surface area contributed by atoms with Gasteiger partial charge in [0.15, 0.2) is 0 Å². The zero-order valence-corrected chi connectivity index (χ0v) is 9.31. The van der Waals surface area contributed by atoms with E-state index in [0.717, 1.165) is 17.1 Å². The average molecular weight is 218 g/mol. The summed E-state index contributed by atoms with van der Waals surface area (Å²) in [5.41, 5.74) is 7.83. The maximum absolute atomic E-state index is 5.55. The Morgan fingerprint density at radius 1 is 1.44 bits per heavy atom. The third-order valence-electron chi connectivity index (χ3n) is 2.49. The molecule has 2 aromatic rings. The Hall–Kier alpha value is -2.11. The zero-order chi connectivity index (χ0) is 11.5. The third-order valence-corrected chi connectivity index (χ3v) is 2.49. The van der Waals surface area contributed by atoms with E-state index in [2.05, 4.69) is 20.4 Å². The van der Waals surface area contributed by atoms with Crippen LogP contribution in [0.2, 0.25) is 0 Å². The molecule has 0 saturated carbocycles. The maximum atomic E-state index is 5.55. The van der Waals surface area contributed by atoms with Gasteiger partial charge in [0.2, 0.25) is 0 Å². The van der Waals surface area contributed by atoms with Crippen molar-refractivity contribution in [2.45, 2.75) is 13.5 Å². The van der Waals surface area contributed by atoms with Crippen LogP contribution in [0.15, 0.2) is 18.6 Å². The van der Waals surface area contributed by atoms with Crippen molar-refractivity contribution in [1.82, 2.24) is 19.7 Å². The van der Waals surface area contributed by atoms with Crippen molar-refractivity contribution in [3.05, 3.63) is 29.8 Å². The molecule has 0 saturated heterocycles. The molecule has 0 amide bonds. The number of anilines is 2. The van der Waals surface area contributed by atoms with Gasteiger partial charge in [-0.05, 0) is 6.92 Å². The number of aromatic nitrogens is 4. The van der Waals surface area contributed by atoms with Crippen molar-refractivity contribution in [3.63, 3.8) is 0 Å². The van der Waals surface area contributed by atoms with Crippen LogP contribution in [-0.4, -0.2) is 19.7 Å². The van der Waals surface area contributed by atoms with Crippen molar-refractivity contribution in [2.75, 3.05) is 11.1 Å². The van der Waals surface area contributed by atoms with E-state index in [1.54, 1.807) is 6.07 Å². The second kappa shape index (κ2) is 4.18. The average Bonchev–Trinajstić information content (AvgIpc) is 2.57. The standard InChI is InChI=1S/C10H14N6/c1-7-8(5-15-16(7)2)4-12-10-3-9(11)13-6-14-10/h3,5-6H,4H2,1-2H3,(H3,11,12,13,14). The molecule has 84 valence electrons. The summed E-state index contributed by atoms with van der Waals surface area (Å²) in [5, 5.41) is 7.34. The first-order valence-corrected chi connectivity index (χ1v) is 4.95. The lowest BCUT2D eigenvalue weighted by Gasteiger charge is -2.05. The summed E-state index contributed by atoms with van der Waals surface area (Å²) < 4.78 is 1.84. The number of nitrogens with zero attached hydrogens (tertiary/aromatic N) is 4. The van der Waals surface area contributed by atoms with Crippen LogP contribution >= 0.6 is 0 Å². The topological polar surface area (TPSA) is 81.7 Å². The number of nitrogens with one attached hydrogen (secondary N) is 1. The van der Waals surface area contributed by atoms with Crippen molar-refractivity contribution in [3.8, 4) is 0 Å². The Balaban J connectivity index is 2.05. The number of rotatable bonds is 3. The lowest BCUT2D eigenvalue weighted by atomic mass is 10.2. The minimum Gasteiger partial charge on any atom is -0.384 e. The van der Waals surface area contributed by atoms with Gasteiger partial charge in [0.1, 0.15) is 18.0 Å². The van der Waals surface area contributed by atoms with E-state index in [1.807, 2.05) is 24.9 Å². The van der Waals surface area contributed by atoms with Crippen molar-refractivity contribution in [2.24, 2.45) is 7.05 Å². The molecule has 6 nitrogen and oxygen atoms in total. The molecule has 2 heterocycles. The zero-order valence-electron chi connectivity index (χ0n) is 9.31. The summed E-state index contributed by atoms with van der Waals surface area (Å²) in [7, 11) is 1.92. The minimum atomic E-state index is 0.459. The molecular formula is C10H14N6. The second-order valence-corrected chi connectivity index (χ2v) is 3.56. The van der Waals surface area contributed by atoms with Gasteiger partial charge in [-0.15, -0.1) is 0 Å². The number of aryl methyl sites for hydroxylation is 1. The molecule has 0 radical (unpaired) electrons. The summed E-state index contributed by atoms with van der Waals surface area (Å²) in [4.78, 5) is 7.89. The SMILES string of the molecule is Cc1c(CNc2cc(N)ncn2)cnn1C.